The summed E-state index contributed by atoms with van der Waals surface area (Å²) in [5, 5.41) is 8.16. The average Bonchev–Trinajstić information content (AvgIpc) is 3.09. The summed E-state index contributed by atoms with van der Waals surface area (Å²) >= 11 is 1.26. The number of aryl methyl sites for hydroxylation is 1. The van der Waals surface area contributed by atoms with Crippen molar-refractivity contribution in [2.45, 2.75) is 24.3 Å². The van der Waals surface area contributed by atoms with Crippen molar-refractivity contribution in [2.24, 2.45) is 0 Å². The Morgan fingerprint density at radius 1 is 1.16 bits per heavy atom. The van der Waals surface area contributed by atoms with Gasteiger partial charge in [0.05, 0.1) is 12.4 Å². The number of hydrogen-bond donors (Lipinski definition) is 0. The van der Waals surface area contributed by atoms with Gasteiger partial charge in [-0.3, -0.25) is 4.79 Å². The van der Waals surface area contributed by atoms with Crippen molar-refractivity contribution in [1.29, 1.82) is 0 Å². The van der Waals surface area contributed by atoms with Crippen LogP contribution in [-0.2, 0) is 0 Å². The molecule has 5 nitrogen and oxygen atoms in total. The fourth-order valence-electron chi connectivity index (χ4n) is 2.35. The Kier molecular flexibility index (Phi) is 5.19. The first-order valence-electron chi connectivity index (χ1n) is 7.82. The average molecular weight is 354 g/mol. The Labute approximate surface area is 150 Å². The van der Waals surface area contributed by atoms with E-state index in [0.717, 1.165) is 16.9 Å². The minimum atomic E-state index is -0.334. The van der Waals surface area contributed by atoms with Crippen molar-refractivity contribution in [1.82, 2.24) is 10.2 Å². The molecule has 128 valence electrons. The summed E-state index contributed by atoms with van der Waals surface area (Å²) in [5.41, 5.74) is 2.61. The summed E-state index contributed by atoms with van der Waals surface area (Å²) in [5.74, 6) is 1.18. The topological polar surface area (TPSA) is 65.2 Å². The fourth-order valence-corrected chi connectivity index (χ4v) is 3.11. The zero-order valence-corrected chi connectivity index (χ0v) is 15.0. The number of aromatic nitrogens is 2. The number of thioether (sulfide) groups is 1. The number of Topliss-reactive ketones (excluding diaryl/α,β-unsaturated/α-hetero) is 1. The number of hydrogen-bond acceptors (Lipinski definition) is 6. The van der Waals surface area contributed by atoms with Crippen LogP contribution in [0.15, 0.2) is 58.2 Å². The molecule has 0 spiro atoms. The highest BCUT2D eigenvalue weighted by molar-refractivity contribution is 8.00. The molecule has 0 amide bonds. The van der Waals surface area contributed by atoms with Gasteiger partial charge < -0.3 is 9.15 Å². The molecule has 0 radical (unpaired) electrons. The van der Waals surface area contributed by atoms with Crippen molar-refractivity contribution >= 4 is 17.5 Å². The number of ether oxygens (including phenoxy) is 1. The Morgan fingerprint density at radius 2 is 1.92 bits per heavy atom. The van der Waals surface area contributed by atoms with Gasteiger partial charge >= 0.3 is 0 Å². The normalized spacial score (nSPS) is 12.0. The smallest absolute Gasteiger partial charge is 0.277 e. The summed E-state index contributed by atoms with van der Waals surface area (Å²) in [6.45, 7) is 3.83. The Balaban J connectivity index is 1.70. The quantitative estimate of drug-likeness (QED) is 0.482. The van der Waals surface area contributed by atoms with E-state index < -0.39 is 0 Å². The number of carbonyl (C=O) groups is 1. The molecule has 25 heavy (non-hydrogen) atoms. The van der Waals surface area contributed by atoms with Crippen LogP contribution in [0.25, 0.3) is 11.5 Å². The van der Waals surface area contributed by atoms with Crippen LogP contribution in [0.3, 0.4) is 0 Å². The molecule has 0 saturated heterocycles. The summed E-state index contributed by atoms with van der Waals surface area (Å²) in [7, 11) is 1.59. The monoisotopic (exact) mass is 354 g/mol. The van der Waals surface area contributed by atoms with E-state index in [-0.39, 0.29) is 11.0 Å². The molecule has 1 heterocycles. The Hall–Kier alpha value is -2.60. The largest absolute Gasteiger partial charge is 0.497 e. The van der Waals surface area contributed by atoms with E-state index in [2.05, 4.69) is 10.2 Å². The summed E-state index contributed by atoms with van der Waals surface area (Å²) in [4.78, 5) is 12.5. The van der Waals surface area contributed by atoms with Gasteiger partial charge in [-0.25, -0.2) is 0 Å². The highest BCUT2D eigenvalue weighted by Crippen LogP contribution is 2.28. The lowest BCUT2D eigenvalue weighted by molar-refractivity contribution is 0.0993. The van der Waals surface area contributed by atoms with Crippen LogP contribution in [0.4, 0.5) is 0 Å². The zero-order chi connectivity index (χ0) is 17.8. The lowest BCUT2D eigenvalue weighted by Crippen LogP contribution is -2.13. The molecule has 0 bridgehead atoms. The van der Waals surface area contributed by atoms with Gasteiger partial charge in [0.15, 0.2) is 5.78 Å². The van der Waals surface area contributed by atoms with Crippen LogP contribution in [0, 0.1) is 6.92 Å². The SMILES string of the molecule is COc1ccc(C(=O)[C@H](C)Sc2nnc(-c3cccc(C)c3)o2)cc1. The van der Waals surface area contributed by atoms with Crippen molar-refractivity contribution in [3.63, 3.8) is 0 Å². The molecule has 0 N–H and O–H groups in total. The van der Waals surface area contributed by atoms with Crippen LogP contribution < -0.4 is 4.74 Å². The molecule has 0 aliphatic carbocycles. The summed E-state index contributed by atoms with van der Waals surface area (Å²) < 4.78 is 10.8. The van der Waals surface area contributed by atoms with Crippen molar-refractivity contribution in [2.75, 3.05) is 7.11 Å². The number of ketones is 1. The van der Waals surface area contributed by atoms with Crippen molar-refractivity contribution in [3.05, 3.63) is 59.7 Å². The zero-order valence-electron chi connectivity index (χ0n) is 14.2. The third-order valence-corrected chi connectivity index (χ3v) is 4.63. The molecular weight excluding hydrogens is 336 g/mol. The van der Waals surface area contributed by atoms with E-state index in [1.54, 1.807) is 31.4 Å². The minimum absolute atomic E-state index is 0.00274. The van der Waals surface area contributed by atoms with Crippen LogP contribution >= 0.6 is 11.8 Å². The highest BCUT2D eigenvalue weighted by Gasteiger charge is 2.20. The second-order valence-corrected chi connectivity index (χ2v) is 6.89. The molecule has 1 aromatic heterocycles. The fraction of sp³-hybridized carbons (Fsp3) is 0.211. The maximum absolute atomic E-state index is 12.5. The molecular formula is C19H18N2O3S. The van der Waals surface area contributed by atoms with Crippen molar-refractivity contribution in [3.8, 4) is 17.2 Å². The van der Waals surface area contributed by atoms with E-state index in [1.165, 1.54) is 11.8 Å². The Morgan fingerprint density at radius 3 is 2.60 bits per heavy atom. The van der Waals surface area contributed by atoms with Crippen molar-refractivity contribution < 1.29 is 13.9 Å². The molecule has 2 aromatic carbocycles. The van der Waals surface area contributed by atoms with Crippen LogP contribution in [0.2, 0.25) is 0 Å². The lowest BCUT2D eigenvalue weighted by Gasteiger charge is -2.08. The van der Waals surface area contributed by atoms with E-state index in [4.69, 9.17) is 9.15 Å². The molecule has 0 saturated carbocycles. The molecule has 1 atom stereocenters. The van der Waals surface area contributed by atoms with E-state index in [1.807, 2.05) is 38.1 Å². The van der Waals surface area contributed by atoms with Gasteiger partial charge in [-0.15, -0.1) is 10.2 Å². The van der Waals surface area contributed by atoms with Crippen LogP contribution in [0.1, 0.15) is 22.8 Å². The molecule has 3 rings (SSSR count). The number of methoxy groups -OCH3 is 1. The van der Waals surface area contributed by atoms with Gasteiger partial charge in [0.25, 0.3) is 5.22 Å². The first-order chi connectivity index (χ1) is 12.1. The second kappa shape index (κ2) is 7.53. The predicted molar refractivity (Wildman–Crippen MR) is 97.1 cm³/mol. The van der Waals surface area contributed by atoms with Gasteiger partial charge in [0, 0.05) is 11.1 Å². The summed E-state index contributed by atoms with van der Waals surface area (Å²) in [6.07, 6.45) is 0. The third-order valence-electron chi connectivity index (χ3n) is 3.69. The minimum Gasteiger partial charge on any atom is -0.497 e. The van der Waals surface area contributed by atoms with Gasteiger partial charge in [0.2, 0.25) is 5.89 Å². The summed E-state index contributed by atoms with van der Waals surface area (Å²) in [6, 6.07) is 14.9. The van der Waals surface area contributed by atoms with E-state index in [0.29, 0.717) is 16.7 Å². The molecule has 6 heteroatoms. The van der Waals surface area contributed by atoms with Gasteiger partial charge in [-0.2, -0.15) is 0 Å². The number of nitrogens with zero attached hydrogens (tertiary/aromatic N) is 2. The predicted octanol–water partition coefficient (Wildman–Crippen LogP) is 4.42. The Bertz CT molecular complexity index is 874. The maximum atomic E-state index is 12.5. The van der Waals surface area contributed by atoms with Gasteiger partial charge in [-0.05, 0) is 50.2 Å². The van der Waals surface area contributed by atoms with E-state index in [9.17, 15) is 4.79 Å². The first-order valence-corrected chi connectivity index (χ1v) is 8.70. The molecule has 3 aromatic rings. The van der Waals surface area contributed by atoms with Crippen LogP contribution in [0.5, 0.6) is 5.75 Å². The standard InChI is InChI=1S/C19H18N2O3S/c1-12-5-4-6-15(11-12)18-20-21-19(24-18)25-13(2)17(22)14-7-9-16(23-3)10-8-14/h4-11,13H,1-3H3/t13-/m0/s1. The molecule has 0 aliphatic heterocycles. The maximum Gasteiger partial charge on any atom is 0.277 e. The lowest BCUT2D eigenvalue weighted by atomic mass is 10.1. The number of rotatable bonds is 6. The first kappa shape index (κ1) is 17.2. The number of carbonyl (C=O) groups excluding carboxylic acids is 1. The van der Waals surface area contributed by atoms with E-state index >= 15 is 0 Å². The molecule has 0 fully saturated rings. The van der Waals surface area contributed by atoms with Gasteiger partial charge in [0.1, 0.15) is 5.75 Å². The molecule has 0 unspecified atom stereocenters. The highest BCUT2D eigenvalue weighted by atomic mass is 32.2. The number of benzene rings is 2. The van der Waals surface area contributed by atoms with Crippen LogP contribution in [-0.4, -0.2) is 28.3 Å². The molecule has 0 aliphatic rings. The third kappa shape index (κ3) is 4.09. The second-order valence-electron chi connectivity index (χ2n) is 5.60. The van der Waals surface area contributed by atoms with Gasteiger partial charge in [-0.1, -0.05) is 29.5 Å².